The minimum atomic E-state index is -3.71. The lowest BCUT2D eigenvalue weighted by Crippen LogP contribution is -2.24. The van der Waals surface area contributed by atoms with Crippen LogP contribution in [0, 0.1) is 6.92 Å². The summed E-state index contributed by atoms with van der Waals surface area (Å²) >= 11 is 0. The number of aryl methyl sites for hydroxylation is 1. The highest BCUT2D eigenvalue weighted by atomic mass is 32.2. The summed E-state index contributed by atoms with van der Waals surface area (Å²) in [5, 5.41) is 13.8. The van der Waals surface area contributed by atoms with Gasteiger partial charge in [0.05, 0.1) is 12.1 Å². The average molecular weight is 304 g/mol. The van der Waals surface area contributed by atoms with Crippen molar-refractivity contribution in [2.24, 2.45) is 0 Å². The lowest BCUT2D eigenvalue weighted by Gasteiger charge is -2.08. The molecule has 21 heavy (non-hydrogen) atoms. The van der Waals surface area contributed by atoms with Gasteiger partial charge in [0.15, 0.2) is 5.82 Å². The van der Waals surface area contributed by atoms with Gasteiger partial charge < -0.3 is 0 Å². The Morgan fingerprint density at radius 1 is 1.33 bits per heavy atom. The van der Waals surface area contributed by atoms with Crippen molar-refractivity contribution in [2.75, 3.05) is 0 Å². The number of aromatic amines is 1. The second-order valence-corrected chi connectivity index (χ2v) is 6.23. The normalized spacial score (nSPS) is 11.9. The third kappa shape index (κ3) is 2.73. The third-order valence-corrected chi connectivity index (χ3v) is 4.34. The Labute approximate surface area is 120 Å². The molecule has 3 rings (SSSR count). The van der Waals surface area contributed by atoms with E-state index in [1.165, 1.54) is 6.07 Å². The van der Waals surface area contributed by atoms with Crippen molar-refractivity contribution in [1.82, 2.24) is 30.3 Å². The van der Waals surface area contributed by atoms with E-state index in [1.807, 2.05) is 19.1 Å². The minimum absolute atomic E-state index is 0.0406. The van der Waals surface area contributed by atoms with Crippen molar-refractivity contribution in [3.63, 3.8) is 0 Å². The van der Waals surface area contributed by atoms with Crippen molar-refractivity contribution in [3.05, 3.63) is 41.9 Å². The van der Waals surface area contributed by atoms with Gasteiger partial charge in [0.25, 0.3) is 0 Å². The highest BCUT2D eigenvalue weighted by Gasteiger charge is 2.18. The first-order chi connectivity index (χ1) is 10.1. The zero-order chi connectivity index (χ0) is 14.9. The average Bonchev–Trinajstić information content (AvgIpc) is 2.97. The van der Waals surface area contributed by atoms with Crippen LogP contribution in [0.1, 0.15) is 11.4 Å². The molecule has 0 aliphatic rings. The number of sulfonamides is 1. The van der Waals surface area contributed by atoms with E-state index in [2.05, 4.69) is 30.3 Å². The molecule has 0 radical (unpaired) electrons. The number of hydrogen-bond acceptors (Lipinski definition) is 6. The molecule has 108 valence electrons. The third-order valence-electron chi connectivity index (χ3n) is 2.91. The Bertz CT molecular complexity index is 876. The van der Waals surface area contributed by atoms with E-state index >= 15 is 0 Å². The topological polar surface area (TPSA) is 114 Å². The second kappa shape index (κ2) is 5.19. The lowest BCUT2D eigenvalue weighted by atomic mass is 10.2. The highest BCUT2D eigenvalue weighted by molar-refractivity contribution is 7.89. The summed E-state index contributed by atoms with van der Waals surface area (Å²) in [6, 6.07) is 6.92. The van der Waals surface area contributed by atoms with Gasteiger partial charge in [0.1, 0.15) is 4.90 Å². The maximum atomic E-state index is 12.4. The molecule has 8 nitrogen and oxygen atoms in total. The molecular formula is C12H12N6O2S. The number of para-hydroxylation sites is 1. The maximum Gasteiger partial charge on any atom is 0.243 e. The summed E-state index contributed by atoms with van der Waals surface area (Å²) in [5.41, 5.74) is 1.40. The summed E-state index contributed by atoms with van der Waals surface area (Å²) in [7, 11) is -3.71. The first-order valence-electron chi connectivity index (χ1n) is 6.13. The molecule has 0 aliphatic carbocycles. The molecule has 1 aromatic carbocycles. The molecule has 0 bridgehead atoms. The Morgan fingerprint density at radius 3 is 2.95 bits per heavy atom. The van der Waals surface area contributed by atoms with Crippen LogP contribution < -0.4 is 4.72 Å². The summed E-state index contributed by atoms with van der Waals surface area (Å²) < 4.78 is 27.2. The van der Waals surface area contributed by atoms with Gasteiger partial charge in [-0.3, -0.25) is 4.98 Å². The van der Waals surface area contributed by atoms with Crippen molar-refractivity contribution in [1.29, 1.82) is 0 Å². The maximum absolute atomic E-state index is 12.4. The second-order valence-electron chi connectivity index (χ2n) is 4.49. The number of pyridine rings is 1. The van der Waals surface area contributed by atoms with Gasteiger partial charge in [-0.05, 0) is 24.6 Å². The van der Waals surface area contributed by atoms with E-state index < -0.39 is 10.0 Å². The number of nitrogens with one attached hydrogen (secondary N) is 2. The summed E-state index contributed by atoms with van der Waals surface area (Å²) in [4.78, 5) is 4.35. The van der Waals surface area contributed by atoms with E-state index in [0.717, 1.165) is 10.9 Å². The van der Waals surface area contributed by atoms with Crippen LogP contribution in [0.2, 0.25) is 0 Å². The number of aromatic nitrogens is 5. The summed E-state index contributed by atoms with van der Waals surface area (Å²) in [6.45, 7) is 1.86. The van der Waals surface area contributed by atoms with Crippen molar-refractivity contribution in [3.8, 4) is 0 Å². The van der Waals surface area contributed by atoms with Gasteiger partial charge >= 0.3 is 0 Å². The predicted molar refractivity (Wildman–Crippen MR) is 74.7 cm³/mol. The summed E-state index contributed by atoms with van der Waals surface area (Å²) in [5.74, 6) is 0.266. The molecule has 0 atom stereocenters. The SMILES string of the molecule is Cc1cnc2c(S(=O)(=O)NCc3nn[nH]n3)cccc2c1. The zero-order valence-corrected chi connectivity index (χ0v) is 11.9. The van der Waals surface area contributed by atoms with E-state index in [9.17, 15) is 8.42 Å². The van der Waals surface area contributed by atoms with Crippen LogP contribution >= 0.6 is 0 Å². The first kappa shape index (κ1) is 13.6. The van der Waals surface area contributed by atoms with E-state index in [1.54, 1.807) is 12.3 Å². The van der Waals surface area contributed by atoms with Crippen LogP contribution in [0.3, 0.4) is 0 Å². The molecule has 0 saturated heterocycles. The van der Waals surface area contributed by atoms with Gasteiger partial charge in [-0.1, -0.05) is 17.3 Å². The van der Waals surface area contributed by atoms with Crippen LogP contribution in [0.4, 0.5) is 0 Å². The van der Waals surface area contributed by atoms with Crippen LogP contribution in [-0.4, -0.2) is 34.0 Å². The van der Waals surface area contributed by atoms with Crippen LogP contribution in [0.5, 0.6) is 0 Å². The van der Waals surface area contributed by atoms with E-state index in [0.29, 0.717) is 5.52 Å². The molecule has 0 spiro atoms. The number of nitrogens with zero attached hydrogens (tertiary/aromatic N) is 4. The van der Waals surface area contributed by atoms with Crippen molar-refractivity contribution < 1.29 is 8.42 Å². The monoisotopic (exact) mass is 304 g/mol. The Kier molecular flexibility index (Phi) is 3.35. The molecule has 0 saturated carbocycles. The van der Waals surface area contributed by atoms with Crippen molar-refractivity contribution in [2.45, 2.75) is 18.4 Å². The van der Waals surface area contributed by atoms with Crippen molar-refractivity contribution >= 4 is 20.9 Å². The Balaban J connectivity index is 1.98. The highest BCUT2D eigenvalue weighted by Crippen LogP contribution is 2.21. The first-order valence-corrected chi connectivity index (χ1v) is 7.62. The number of tetrazole rings is 1. The number of fused-ring (bicyclic) bond motifs is 1. The van der Waals surface area contributed by atoms with Gasteiger partial charge in [-0.2, -0.15) is 5.21 Å². The molecule has 2 N–H and O–H groups in total. The standard InChI is InChI=1S/C12H12N6O2S/c1-8-5-9-3-2-4-10(12(9)13-6-8)21(19,20)14-7-11-15-17-18-16-11/h2-6,14H,7H2,1H3,(H,15,16,17,18). The predicted octanol–water partition coefficient (Wildman–Crippen LogP) is 0.535. The molecule has 3 aromatic rings. The minimum Gasteiger partial charge on any atom is -0.255 e. The number of benzene rings is 1. The smallest absolute Gasteiger partial charge is 0.243 e. The van der Waals surface area contributed by atoms with Crippen LogP contribution in [0.15, 0.2) is 35.4 Å². The van der Waals surface area contributed by atoms with Crippen LogP contribution in [0.25, 0.3) is 10.9 Å². The largest absolute Gasteiger partial charge is 0.255 e. The number of rotatable bonds is 4. The van der Waals surface area contributed by atoms with Crippen LogP contribution in [-0.2, 0) is 16.6 Å². The Morgan fingerprint density at radius 2 is 2.19 bits per heavy atom. The number of H-pyrrole nitrogens is 1. The molecule has 0 unspecified atom stereocenters. The van der Waals surface area contributed by atoms with Gasteiger partial charge in [0.2, 0.25) is 10.0 Å². The van der Waals surface area contributed by atoms with E-state index in [-0.39, 0.29) is 17.3 Å². The van der Waals surface area contributed by atoms with Gasteiger partial charge in [-0.25, -0.2) is 13.1 Å². The Hall–Kier alpha value is -2.39. The van der Waals surface area contributed by atoms with E-state index in [4.69, 9.17) is 0 Å². The molecule has 0 amide bonds. The van der Waals surface area contributed by atoms with Gasteiger partial charge in [-0.15, -0.1) is 10.2 Å². The molecule has 9 heteroatoms. The molecular weight excluding hydrogens is 292 g/mol. The molecule has 0 fully saturated rings. The number of hydrogen-bond donors (Lipinski definition) is 2. The molecule has 2 heterocycles. The fraction of sp³-hybridized carbons (Fsp3) is 0.167. The molecule has 0 aliphatic heterocycles. The zero-order valence-electron chi connectivity index (χ0n) is 11.1. The fourth-order valence-electron chi connectivity index (χ4n) is 1.95. The molecule has 2 aromatic heterocycles. The quantitative estimate of drug-likeness (QED) is 0.727. The fourth-order valence-corrected chi connectivity index (χ4v) is 3.11. The van der Waals surface area contributed by atoms with Gasteiger partial charge in [0, 0.05) is 11.6 Å². The summed E-state index contributed by atoms with van der Waals surface area (Å²) in [6.07, 6.45) is 1.64. The lowest BCUT2D eigenvalue weighted by molar-refractivity contribution is 0.580.